The van der Waals surface area contributed by atoms with E-state index in [4.69, 9.17) is 0 Å². The van der Waals surface area contributed by atoms with Crippen LogP contribution in [0.1, 0.15) is 17.5 Å². The highest BCUT2D eigenvalue weighted by atomic mass is 32.1. The number of benzene rings is 2. The lowest BCUT2D eigenvalue weighted by molar-refractivity contribution is -0.118. The van der Waals surface area contributed by atoms with Gasteiger partial charge in [-0.05, 0) is 69.4 Å². The van der Waals surface area contributed by atoms with Gasteiger partial charge >= 0.3 is 0 Å². The molecule has 3 rings (SSSR count). The first-order chi connectivity index (χ1) is 12.9. The van der Waals surface area contributed by atoms with E-state index in [0.29, 0.717) is 6.54 Å². The fourth-order valence-corrected chi connectivity index (χ4v) is 3.99. The van der Waals surface area contributed by atoms with E-state index in [1.54, 1.807) is 28.4 Å². The molecule has 27 heavy (non-hydrogen) atoms. The number of amides is 1. The van der Waals surface area contributed by atoms with E-state index in [1.807, 2.05) is 33.2 Å². The zero-order chi connectivity index (χ0) is 19.4. The lowest BCUT2D eigenvalue weighted by Gasteiger charge is -2.21. The van der Waals surface area contributed by atoms with Gasteiger partial charge in [-0.15, -0.1) is 0 Å². The highest BCUT2D eigenvalue weighted by Crippen LogP contribution is 2.30. The van der Waals surface area contributed by atoms with Crippen LogP contribution in [-0.2, 0) is 11.2 Å². The predicted molar refractivity (Wildman–Crippen MR) is 110 cm³/mol. The molecule has 2 aromatic carbocycles. The van der Waals surface area contributed by atoms with Crippen LogP contribution >= 0.6 is 11.3 Å². The Labute approximate surface area is 163 Å². The van der Waals surface area contributed by atoms with Crippen LogP contribution in [0.5, 0.6) is 0 Å². The molecule has 0 unspecified atom stereocenters. The number of nitrogens with zero attached hydrogens (tertiary/aromatic N) is 3. The minimum Gasteiger partial charge on any atom is -0.309 e. The van der Waals surface area contributed by atoms with Gasteiger partial charge in [0.1, 0.15) is 5.82 Å². The number of aryl methyl sites for hydroxylation is 1. The van der Waals surface area contributed by atoms with E-state index in [9.17, 15) is 9.18 Å². The molecule has 0 bridgehead atoms. The van der Waals surface area contributed by atoms with E-state index in [0.717, 1.165) is 33.9 Å². The highest BCUT2D eigenvalue weighted by Gasteiger charge is 2.20. The van der Waals surface area contributed by atoms with Crippen LogP contribution in [0.2, 0.25) is 0 Å². The van der Waals surface area contributed by atoms with Crippen molar-refractivity contribution in [2.45, 2.75) is 19.8 Å². The topological polar surface area (TPSA) is 36.4 Å². The van der Waals surface area contributed by atoms with Gasteiger partial charge in [0.05, 0.1) is 16.6 Å². The third kappa shape index (κ3) is 5.11. The first-order valence-corrected chi connectivity index (χ1v) is 9.81. The summed E-state index contributed by atoms with van der Waals surface area (Å²) >= 11 is 1.54. The lowest BCUT2D eigenvalue weighted by atomic mass is 10.1. The van der Waals surface area contributed by atoms with Crippen molar-refractivity contribution in [1.82, 2.24) is 9.88 Å². The van der Waals surface area contributed by atoms with E-state index < -0.39 is 0 Å². The van der Waals surface area contributed by atoms with E-state index >= 15 is 0 Å². The average molecular weight is 386 g/mol. The number of carbonyl (C=O) groups is 1. The Morgan fingerprint density at radius 3 is 2.56 bits per heavy atom. The van der Waals surface area contributed by atoms with Crippen molar-refractivity contribution in [1.29, 1.82) is 0 Å². The molecule has 0 N–H and O–H groups in total. The summed E-state index contributed by atoms with van der Waals surface area (Å²) in [6.45, 7) is 3.55. The molecule has 3 aromatic rings. The Morgan fingerprint density at radius 2 is 1.85 bits per heavy atom. The second kappa shape index (κ2) is 8.59. The van der Waals surface area contributed by atoms with Gasteiger partial charge in [-0.1, -0.05) is 29.5 Å². The second-order valence-electron chi connectivity index (χ2n) is 6.97. The Morgan fingerprint density at radius 1 is 1.11 bits per heavy atom. The monoisotopic (exact) mass is 385 g/mol. The summed E-state index contributed by atoms with van der Waals surface area (Å²) in [4.78, 5) is 21.6. The molecule has 6 heteroatoms. The number of aromatic nitrogens is 1. The molecule has 1 aromatic heterocycles. The number of thiazole rings is 1. The van der Waals surface area contributed by atoms with E-state index in [-0.39, 0.29) is 18.1 Å². The Hall–Kier alpha value is -2.31. The number of halogens is 1. The predicted octanol–water partition coefficient (Wildman–Crippen LogP) is 4.27. The molecule has 0 aliphatic heterocycles. The standard InChI is InChI=1S/C21H24FN3OS/c1-15-5-10-18-19(13-15)27-21(23-18)25(12-4-11-24(2)3)20(26)14-16-6-8-17(22)9-7-16/h5-10,13H,4,11-12,14H2,1-3H3. The molecule has 0 aliphatic carbocycles. The number of carbonyl (C=O) groups excluding carboxylic acids is 1. The average Bonchev–Trinajstić information content (AvgIpc) is 3.03. The van der Waals surface area contributed by atoms with Gasteiger partial charge in [0, 0.05) is 6.54 Å². The molecule has 0 atom stereocenters. The molecular weight excluding hydrogens is 361 g/mol. The maximum absolute atomic E-state index is 13.1. The summed E-state index contributed by atoms with van der Waals surface area (Å²) in [6.07, 6.45) is 1.09. The number of fused-ring (bicyclic) bond motifs is 1. The van der Waals surface area contributed by atoms with Crippen molar-refractivity contribution < 1.29 is 9.18 Å². The van der Waals surface area contributed by atoms with E-state index in [1.165, 1.54) is 17.7 Å². The Kier molecular flexibility index (Phi) is 6.19. The summed E-state index contributed by atoms with van der Waals surface area (Å²) < 4.78 is 14.2. The minimum atomic E-state index is -0.296. The number of anilines is 1. The molecule has 142 valence electrons. The Balaban J connectivity index is 1.84. The summed E-state index contributed by atoms with van der Waals surface area (Å²) in [5.74, 6) is -0.313. The second-order valence-corrected chi connectivity index (χ2v) is 7.98. The maximum atomic E-state index is 13.1. The minimum absolute atomic E-state index is 0.0175. The number of hydrogen-bond donors (Lipinski definition) is 0. The highest BCUT2D eigenvalue weighted by molar-refractivity contribution is 7.22. The molecule has 4 nitrogen and oxygen atoms in total. The normalized spacial score (nSPS) is 11.3. The molecule has 0 saturated heterocycles. The zero-order valence-corrected chi connectivity index (χ0v) is 16.7. The van der Waals surface area contributed by atoms with E-state index in [2.05, 4.69) is 16.0 Å². The van der Waals surface area contributed by atoms with Gasteiger partial charge < -0.3 is 4.90 Å². The van der Waals surface area contributed by atoms with Gasteiger partial charge in [0.15, 0.2) is 5.13 Å². The largest absolute Gasteiger partial charge is 0.309 e. The molecule has 0 fully saturated rings. The van der Waals surface area contributed by atoms with Crippen molar-refractivity contribution in [3.05, 3.63) is 59.4 Å². The zero-order valence-electron chi connectivity index (χ0n) is 15.9. The van der Waals surface area contributed by atoms with Crippen molar-refractivity contribution in [3.8, 4) is 0 Å². The maximum Gasteiger partial charge on any atom is 0.233 e. The van der Waals surface area contributed by atoms with Crippen molar-refractivity contribution >= 4 is 32.6 Å². The van der Waals surface area contributed by atoms with Crippen LogP contribution in [0, 0.1) is 12.7 Å². The van der Waals surface area contributed by atoms with Crippen molar-refractivity contribution in [3.63, 3.8) is 0 Å². The molecule has 0 spiro atoms. The van der Waals surface area contributed by atoms with Gasteiger partial charge in [0.2, 0.25) is 5.91 Å². The molecule has 0 aliphatic rings. The summed E-state index contributed by atoms with van der Waals surface area (Å²) in [5, 5.41) is 0.724. The quantitative estimate of drug-likeness (QED) is 0.609. The third-order valence-electron chi connectivity index (χ3n) is 4.32. The van der Waals surface area contributed by atoms with Crippen LogP contribution in [0.25, 0.3) is 10.2 Å². The van der Waals surface area contributed by atoms with Gasteiger partial charge in [0.25, 0.3) is 0 Å². The van der Waals surface area contributed by atoms with Gasteiger partial charge in [-0.2, -0.15) is 0 Å². The van der Waals surface area contributed by atoms with Crippen LogP contribution in [0.4, 0.5) is 9.52 Å². The molecule has 1 amide bonds. The number of rotatable bonds is 7. The third-order valence-corrected chi connectivity index (χ3v) is 5.36. The lowest BCUT2D eigenvalue weighted by Crippen LogP contribution is -2.34. The molecule has 1 heterocycles. The fourth-order valence-electron chi connectivity index (χ4n) is 2.88. The van der Waals surface area contributed by atoms with Gasteiger partial charge in [-0.3, -0.25) is 9.69 Å². The first kappa shape index (κ1) is 19.5. The van der Waals surface area contributed by atoms with Crippen molar-refractivity contribution in [2.24, 2.45) is 0 Å². The first-order valence-electron chi connectivity index (χ1n) is 8.99. The van der Waals surface area contributed by atoms with Gasteiger partial charge in [-0.25, -0.2) is 9.37 Å². The fraction of sp³-hybridized carbons (Fsp3) is 0.333. The summed E-state index contributed by atoms with van der Waals surface area (Å²) in [6, 6.07) is 12.2. The van der Waals surface area contributed by atoms with Crippen LogP contribution < -0.4 is 4.90 Å². The summed E-state index contributed by atoms with van der Waals surface area (Å²) in [5.41, 5.74) is 2.89. The van der Waals surface area contributed by atoms with Crippen LogP contribution in [0.3, 0.4) is 0 Å². The van der Waals surface area contributed by atoms with Crippen molar-refractivity contribution in [2.75, 3.05) is 32.1 Å². The smallest absolute Gasteiger partial charge is 0.233 e. The van der Waals surface area contributed by atoms with Crippen LogP contribution in [0.15, 0.2) is 42.5 Å². The SMILES string of the molecule is Cc1ccc2nc(N(CCCN(C)C)C(=O)Cc3ccc(F)cc3)sc2c1. The molecule has 0 radical (unpaired) electrons. The number of hydrogen-bond acceptors (Lipinski definition) is 4. The summed E-state index contributed by atoms with van der Waals surface area (Å²) in [7, 11) is 4.04. The Bertz CT molecular complexity index is 921. The van der Waals surface area contributed by atoms with Crippen LogP contribution in [-0.4, -0.2) is 43.0 Å². The molecular formula is C21H24FN3OS. The molecule has 0 saturated carbocycles.